The Kier molecular flexibility index (Phi) is 4.79. The Morgan fingerprint density at radius 2 is 2.35 bits per heavy atom. The first-order valence-corrected chi connectivity index (χ1v) is 8.34. The van der Waals surface area contributed by atoms with Crippen molar-refractivity contribution in [2.24, 2.45) is 5.92 Å². The van der Waals surface area contributed by atoms with Gasteiger partial charge in [-0.15, -0.1) is 0 Å². The van der Waals surface area contributed by atoms with Gasteiger partial charge in [0.25, 0.3) is 0 Å². The Bertz CT molecular complexity index is 383. The Morgan fingerprint density at radius 1 is 1.59 bits per heavy atom. The number of halogens is 2. The molecule has 0 saturated carbocycles. The van der Waals surface area contributed by atoms with Crippen molar-refractivity contribution >= 4 is 45.0 Å². The zero-order valence-corrected chi connectivity index (χ0v) is 13.1. The summed E-state index contributed by atoms with van der Waals surface area (Å²) in [5.74, 6) is 1.52. The summed E-state index contributed by atoms with van der Waals surface area (Å²) < 4.78 is 0.782. The fourth-order valence-electron chi connectivity index (χ4n) is 2.52. The maximum absolute atomic E-state index is 8.24. The lowest BCUT2D eigenvalue weighted by Gasteiger charge is -2.28. The maximum Gasteiger partial charge on any atom is 0.0575 e. The molecule has 0 aromatic heterocycles. The third kappa shape index (κ3) is 2.82. The van der Waals surface area contributed by atoms with Gasteiger partial charge in [0.05, 0.1) is 15.2 Å². The molecule has 17 heavy (non-hydrogen) atoms. The van der Waals surface area contributed by atoms with Crippen LogP contribution in [0.15, 0.2) is 21.2 Å². The van der Waals surface area contributed by atoms with Gasteiger partial charge in [0.1, 0.15) is 0 Å². The molecule has 0 spiro atoms. The Hall–Kier alpha value is 0.270. The van der Waals surface area contributed by atoms with E-state index in [2.05, 4.69) is 28.9 Å². The highest BCUT2D eigenvalue weighted by Gasteiger charge is 2.32. The van der Waals surface area contributed by atoms with Crippen LogP contribution in [-0.2, 0) is 0 Å². The Balaban J connectivity index is 2.30. The molecule has 1 aliphatic carbocycles. The highest BCUT2D eigenvalue weighted by molar-refractivity contribution is 9.12. The number of allylic oxidation sites excluding steroid dienone is 3. The summed E-state index contributed by atoms with van der Waals surface area (Å²) in [6.07, 6.45) is 6.81. The first-order valence-electron chi connectivity index (χ1n) is 6.12. The summed E-state index contributed by atoms with van der Waals surface area (Å²) in [5, 5.41) is 9.52. The van der Waals surface area contributed by atoms with Crippen molar-refractivity contribution in [2.75, 3.05) is 5.75 Å². The van der Waals surface area contributed by atoms with Crippen molar-refractivity contribution in [2.45, 2.75) is 37.9 Å². The first kappa shape index (κ1) is 13.7. The fourth-order valence-corrected chi connectivity index (χ4v) is 4.51. The standard InChI is InChI=1S/C13H17BrClNS/c1-2-4-8-9(11-5-3-6-17-11)7-10(15)12(14)13(8)16/h7-8,11,16H,2-6H2,1H3. The van der Waals surface area contributed by atoms with Gasteiger partial charge in [-0.05, 0) is 52.6 Å². The molecule has 0 aromatic rings. The Morgan fingerprint density at radius 3 is 2.94 bits per heavy atom. The molecule has 1 aliphatic heterocycles. The lowest BCUT2D eigenvalue weighted by Crippen LogP contribution is -2.25. The van der Waals surface area contributed by atoms with Gasteiger partial charge >= 0.3 is 0 Å². The predicted molar refractivity (Wildman–Crippen MR) is 81.5 cm³/mol. The second-order valence-electron chi connectivity index (χ2n) is 4.56. The van der Waals surface area contributed by atoms with Gasteiger partial charge in [0, 0.05) is 11.2 Å². The van der Waals surface area contributed by atoms with Gasteiger partial charge in [-0.3, -0.25) is 0 Å². The molecule has 1 saturated heterocycles. The summed E-state index contributed by atoms with van der Waals surface area (Å²) in [7, 11) is 0. The zero-order valence-electron chi connectivity index (χ0n) is 9.93. The second kappa shape index (κ2) is 5.94. The van der Waals surface area contributed by atoms with Crippen molar-refractivity contribution in [1.82, 2.24) is 0 Å². The lowest BCUT2D eigenvalue weighted by molar-refractivity contribution is 0.653. The summed E-state index contributed by atoms with van der Waals surface area (Å²) in [6, 6.07) is 0. The van der Waals surface area contributed by atoms with Crippen molar-refractivity contribution in [3.63, 3.8) is 0 Å². The number of hydrogen-bond donors (Lipinski definition) is 1. The van der Waals surface area contributed by atoms with Gasteiger partial charge in [-0.25, -0.2) is 0 Å². The molecule has 0 aromatic carbocycles. The number of hydrogen-bond acceptors (Lipinski definition) is 2. The van der Waals surface area contributed by atoms with E-state index in [1.807, 2.05) is 11.8 Å². The minimum absolute atomic E-state index is 0.271. The molecule has 0 bridgehead atoms. The minimum atomic E-state index is 0.271. The SMILES string of the molecule is CCCC1C(=N)C(Br)=C(Cl)C=C1C1CCCS1. The molecular weight excluding hydrogens is 318 g/mol. The third-order valence-electron chi connectivity index (χ3n) is 3.37. The van der Waals surface area contributed by atoms with E-state index in [1.54, 1.807) is 0 Å². The van der Waals surface area contributed by atoms with Crippen LogP contribution in [0.2, 0.25) is 0 Å². The van der Waals surface area contributed by atoms with E-state index in [1.165, 1.54) is 24.2 Å². The molecule has 0 radical (unpaired) electrons. The van der Waals surface area contributed by atoms with Crippen LogP contribution in [-0.4, -0.2) is 16.7 Å². The summed E-state index contributed by atoms with van der Waals surface area (Å²) >= 11 is 11.7. The van der Waals surface area contributed by atoms with Crippen LogP contribution in [0.4, 0.5) is 0 Å². The molecular formula is C13H17BrClNS. The highest BCUT2D eigenvalue weighted by Crippen LogP contribution is 2.42. The average Bonchev–Trinajstić information content (AvgIpc) is 2.83. The summed E-state index contributed by atoms with van der Waals surface area (Å²) in [6.45, 7) is 2.18. The summed E-state index contributed by atoms with van der Waals surface area (Å²) in [4.78, 5) is 0. The van der Waals surface area contributed by atoms with Crippen LogP contribution in [0.5, 0.6) is 0 Å². The van der Waals surface area contributed by atoms with Crippen LogP contribution in [0, 0.1) is 11.3 Å². The molecule has 2 atom stereocenters. The first-order chi connectivity index (χ1) is 8.15. The van der Waals surface area contributed by atoms with E-state index in [-0.39, 0.29) is 5.92 Å². The van der Waals surface area contributed by atoms with E-state index in [0.717, 1.165) is 17.3 Å². The van der Waals surface area contributed by atoms with E-state index < -0.39 is 0 Å². The van der Waals surface area contributed by atoms with Crippen LogP contribution in [0.3, 0.4) is 0 Å². The van der Waals surface area contributed by atoms with Crippen molar-refractivity contribution in [3.05, 3.63) is 21.2 Å². The van der Waals surface area contributed by atoms with Crippen molar-refractivity contribution in [1.29, 1.82) is 5.41 Å². The lowest BCUT2D eigenvalue weighted by atomic mass is 9.83. The highest BCUT2D eigenvalue weighted by atomic mass is 79.9. The number of thioether (sulfide) groups is 1. The molecule has 1 N–H and O–H groups in total. The molecule has 2 rings (SSSR count). The summed E-state index contributed by atoms with van der Waals surface area (Å²) in [5.41, 5.74) is 2.05. The van der Waals surface area contributed by atoms with Crippen LogP contribution >= 0.6 is 39.3 Å². The number of nitrogens with one attached hydrogen (secondary N) is 1. The molecule has 2 unspecified atom stereocenters. The van der Waals surface area contributed by atoms with Gasteiger partial charge in [-0.1, -0.05) is 24.9 Å². The van der Waals surface area contributed by atoms with Gasteiger partial charge in [0.2, 0.25) is 0 Å². The van der Waals surface area contributed by atoms with Gasteiger partial charge < -0.3 is 5.41 Å². The topological polar surface area (TPSA) is 23.9 Å². The predicted octanol–water partition coefficient (Wildman–Crippen LogP) is 5.10. The zero-order chi connectivity index (χ0) is 12.4. The molecule has 2 aliphatic rings. The van der Waals surface area contributed by atoms with Gasteiger partial charge in [0.15, 0.2) is 0 Å². The Labute approximate surface area is 121 Å². The largest absolute Gasteiger partial charge is 0.303 e. The smallest absolute Gasteiger partial charge is 0.0575 e. The minimum Gasteiger partial charge on any atom is -0.303 e. The average molecular weight is 335 g/mol. The van der Waals surface area contributed by atoms with Crippen LogP contribution in [0.25, 0.3) is 0 Å². The molecule has 1 nitrogen and oxygen atoms in total. The molecule has 1 fully saturated rings. The monoisotopic (exact) mass is 333 g/mol. The van der Waals surface area contributed by atoms with E-state index in [9.17, 15) is 0 Å². The van der Waals surface area contributed by atoms with Crippen molar-refractivity contribution < 1.29 is 0 Å². The maximum atomic E-state index is 8.24. The van der Waals surface area contributed by atoms with Crippen LogP contribution in [0.1, 0.15) is 32.6 Å². The van der Waals surface area contributed by atoms with Gasteiger partial charge in [-0.2, -0.15) is 11.8 Å². The normalized spacial score (nSPS) is 29.8. The molecule has 94 valence electrons. The second-order valence-corrected chi connectivity index (χ2v) is 7.07. The van der Waals surface area contributed by atoms with E-state index in [0.29, 0.717) is 16.0 Å². The van der Waals surface area contributed by atoms with Crippen molar-refractivity contribution in [3.8, 4) is 0 Å². The molecule has 4 heteroatoms. The number of rotatable bonds is 3. The molecule has 0 amide bonds. The third-order valence-corrected chi connectivity index (χ3v) is 6.18. The molecule has 1 heterocycles. The van der Waals surface area contributed by atoms with E-state index in [4.69, 9.17) is 17.0 Å². The van der Waals surface area contributed by atoms with E-state index >= 15 is 0 Å². The fraction of sp³-hybridized carbons (Fsp3) is 0.615. The quantitative estimate of drug-likeness (QED) is 0.762. The van der Waals surface area contributed by atoms with Crippen LogP contribution < -0.4 is 0 Å².